The lowest BCUT2D eigenvalue weighted by atomic mass is 10.1. The first-order valence-electron chi connectivity index (χ1n) is 6.21. The van der Waals surface area contributed by atoms with Crippen molar-refractivity contribution in [1.82, 2.24) is 25.5 Å². The van der Waals surface area contributed by atoms with Gasteiger partial charge in [-0.25, -0.2) is 9.97 Å². The third-order valence-corrected chi connectivity index (χ3v) is 3.08. The summed E-state index contributed by atoms with van der Waals surface area (Å²) in [5.74, 6) is 0.683. The minimum Gasteiger partial charge on any atom is -0.350 e. The van der Waals surface area contributed by atoms with Gasteiger partial charge < -0.3 is 10.6 Å². The number of nitrogens with zero attached hydrogens (tertiary/aromatic N) is 3. The van der Waals surface area contributed by atoms with Gasteiger partial charge in [-0.05, 0) is 25.5 Å². The molecule has 0 aromatic carbocycles. The molecule has 2 aromatic heterocycles. The summed E-state index contributed by atoms with van der Waals surface area (Å²) in [6.07, 6.45) is 7.71. The number of H-pyrrole nitrogens is 1. The van der Waals surface area contributed by atoms with Crippen LogP contribution in [-0.4, -0.2) is 39.3 Å². The van der Waals surface area contributed by atoms with E-state index < -0.39 is 0 Å². The van der Waals surface area contributed by atoms with Crippen LogP contribution in [0.5, 0.6) is 0 Å². The minimum absolute atomic E-state index is 0.415. The van der Waals surface area contributed by atoms with Gasteiger partial charge >= 0.3 is 0 Å². The molecule has 0 aliphatic carbocycles. The van der Waals surface area contributed by atoms with Gasteiger partial charge in [-0.3, -0.25) is 5.10 Å². The van der Waals surface area contributed by atoms with Crippen LogP contribution >= 0.6 is 0 Å². The van der Waals surface area contributed by atoms with Gasteiger partial charge in [0, 0.05) is 30.5 Å². The van der Waals surface area contributed by atoms with Gasteiger partial charge in [0.05, 0.1) is 11.9 Å². The van der Waals surface area contributed by atoms with E-state index in [0.29, 0.717) is 12.0 Å². The Hall–Kier alpha value is -1.95. The molecule has 0 saturated carbocycles. The highest BCUT2D eigenvalue weighted by atomic mass is 15.1. The van der Waals surface area contributed by atoms with Crippen molar-refractivity contribution in [3.8, 4) is 11.3 Å². The Morgan fingerprint density at radius 3 is 3.17 bits per heavy atom. The summed E-state index contributed by atoms with van der Waals surface area (Å²) in [7, 11) is 0. The minimum atomic E-state index is 0.415. The second-order valence-corrected chi connectivity index (χ2v) is 4.44. The van der Waals surface area contributed by atoms with E-state index in [1.165, 1.54) is 6.42 Å². The maximum absolute atomic E-state index is 4.50. The van der Waals surface area contributed by atoms with Crippen molar-refractivity contribution >= 4 is 5.95 Å². The molecule has 18 heavy (non-hydrogen) atoms. The number of anilines is 1. The number of piperidine rings is 1. The number of aromatic amines is 1. The molecular formula is C12H16N6. The smallest absolute Gasteiger partial charge is 0.223 e. The van der Waals surface area contributed by atoms with Crippen molar-refractivity contribution < 1.29 is 0 Å². The van der Waals surface area contributed by atoms with Crippen molar-refractivity contribution in [3.63, 3.8) is 0 Å². The summed E-state index contributed by atoms with van der Waals surface area (Å²) >= 11 is 0. The molecule has 94 valence electrons. The Balaban J connectivity index is 1.74. The van der Waals surface area contributed by atoms with E-state index in [4.69, 9.17) is 0 Å². The fraction of sp³-hybridized carbons (Fsp3) is 0.417. The Kier molecular flexibility index (Phi) is 3.18. The molecular weight excluding hydrogens is 228 g/mol. The monoisotopic (exact) mass is 244 g/mol. The molecule has 6 heteroatoms. The summed E-state index contributed by atoms with van der Waals surface area (Å²) in [4.78, 5) is 8.76. The molecule has 1 saturated heterocycles. The maximum atomic E-state index is 4.50. The molecule has 0 bridgehead atoms. The molecule has 0 unspecified atom stereocenters. The van der Waals surface area contributed by atoms with Crippen LogP contribution in [0.3, 0.4) is 0 Å². The van der Waals surface area contributed by atoms with Crippen LogP contribution in [0.15, 0.2) is 24.7 Å². The molecule has 2 aromatic rings. The van der Waals surface area contributed by atoms with E-state index in [0.717, 1.165) is 30.8 Å². The molecule has 1 fully saturated rings. The molecule has 3 N–H and O–H groups in total. The highest BCUT2D eigenvalue weighted by Crippen LogP contribution is 2.16. The van der Waals surface area contributed by atoms with Gasteiger partial charge in [-0.15, -0.1) is 0 Å². The fourth-order valence-electron chi connectivity index (χ4n) is 2.14. The van der Waals surface area contributed by atoms with Gasteiger partial charge in [-0.1, -0.05) is 0 Å². The second kappa shape index (κ2) is 5.14. The van der Waals surface area contributed by atoms with Crippen molar-refractivity contribution in [1.29, 1.82) is 0 Å². The van der Waals surface area contributed by atoms with Crippen LogP contribution in [-0.2, 0) is 0 Å². The lowest BCUT2D eigenvalue weighted by Gasteiger charge is -2.23. The van der Waals surface area contributed by atoms with E-state index in [9.17, 15) is 0 Å². The van der Waals surface area contributed by atoms with E-state index in [2.05, 4.69) is 30.8 Å². The highest BCUT2D eigenvalue weighted by Gasteiger charge is 2.13. The van der Waals surface area contributed by atoms with Crippen LogP contribution in [0.4, 0.5) is 5.95 Å². The third kappa shape index (κ3) is 2.48. The number of rotatable bonds is 3. The van der Waals surface area contributed by atoms with Crippen LogP contribution in [0.2, 0.25) is 0 Å². The van der Waals surface area contributed by atoms with E-state index in [-0.39, 0.29) is 0 Å². The lowest BCUT2D eigenvalue weighted by molar-refractivity contribution is 0.478. The third-order valence-electron chi connectivity index (χ3n) is 3.08. The average Bonchev–Trinajstić information content (AvgIpc) is 2.94. The van der Waals surface area contributed by atoms with Crippen LogP contribution in [0.1, 0.15) is 12.8 Å². The summed E-state index contributed by atoms with van der Waals surface area (Å²) < 4.78 is 0. The fourth-order valence-corrected chi connectivity index (χ4v) is 2.14. The quantitative estimate of drug-likeness (QED) is 0.751. The number of nitrogens with one attached hydrogen (secondary N) is 3. The zero-order chi connectivity index (χ0) is 12.2. The Morgan fingerprint density at radius 1 is 1.39 bits per heavy atom. The average molecular weight is 244 g/mol. The summed E-state index contributed by atoms with van der Waals surface area (Å²) in [5.41, 5.74) is 1.85. The summed E-state index contributed by atoms with van der Waals surface area (Å²) in [6, 6.07) is 2.30. The Morgan fingerprint density at radius 2 is 2.39 bits per heavy atom. The van der Waals surface area contributed by atoms with Gasteiger partial charge in [0.25, 0.3) is 0 Å². The normalized spacial score (nSPS) is 19.7. The summed E-state index contributed by atoms with van der Waals surface area (Å²) in [5, 5.41) is 13.4. The first kappa shape index (κ1) is 11.2. The molecule has 6 nitrogen and oxygen atoms in total. The number of aromatic nitrogens is 4. The van der Waals surface area contributed by atoms with Crippen molar-refractivity contribution in [2.75, 3.05) is 18.4 Å². The number of hydrogen-bond donors (Lipinski definition) is 3. The van der Waals surface area contributed by atoms with Crippen LogP contribution < -0.4 is 10.6 Å². The van der Waals surface area contributed by atoms with E-state index in [1.807, 2.05) is 12.3 Å². The molecule has 3 heterocycles. The highest BCUT2D eigenvalue weighted by molar-refractivity contribution is 5.57. The van der Waals surface area contributed by atoms with E-state index in [1.54, 1.807) is 12.4 Å². The molecule has 1 aliphatic heterocycles. The van der Waals surface area contributed by atoms with Crippen molar-refractivity contribution in [2.24, 2.45) is 0 Å². The number of hydrogen-bond acceptors (Lipinski definition) is 5. The zero-order valence-electron chi connectivity index (χ0n) is 10.1. The second-order valence-electron chi connectivity index (χ2n) is 4.44. The van der Waals surface area contributed by atoms with Crippen LogP contribution in [0.25, 0.3) is 11.3 Å². The molecule has 3 rings (SSSR count). The maximum Gasteiger partial charge on any atom is 0.223 e. The molecule has 0 radical (unpaired) electrons. The van der Waals surface area contributed by atoms with Crippen LogP contribution in [0, 0.1) is 0 Å². The lowest BCUT2D eigenvalue weighted by Crippen LogP contribution is -2.38. The SMILES string of the molecule is c1cc(-c2cn[nH]c2)nc(N[C@@H]2CCCNC2)n1. The molecule has 0 amide bonds. The van der Waals surface area contributed by atoms with Gasteiger partial charge in [0.15, 0.2) is 0 Å². The summed E-state index contributed by atoms with van der Waals surface area (Å²) in [6.45, 7) is 2.08. The first-order valence-corrected chi connectivity index (χ1v) is 6.21. The standard InChI is InChI=1S/C12H16N6/c1-2-10(8-13-4-1)17-12-14-5-3-11(18-12)9-6-15-16-7-9/h3,5-7,10,13H,1-2,4,8H2,(H,15,16)(H,14,17,18)/t10-/m1/s1. The van der Waals surface area contributed by atoms with Crippen molar-refractivity contribution in [3.05, 3.63) is 24.7 Å². The Labute approximate surface area is 105 Å². The molecule has 0 spiro atoms. The Bertz CT molecular complexity index is 489. The van der Waals surface area contributed by atoms with Gasteiger partial charge in [0.1, 0.15) is 0 Å². The van der Waals surface area contributed by atoms with Crippen molar-refractivity contribution in [2.45, 2.75) is 18.9 Å². The van der Waals surface area contributed by atoms with Gasteiger partial charge in [-0.2, -0.15) is 5.10 Å². The van der Waals surface area contributed by atoms with Gasteiger partial charge in [0.2, 0.25) is 5.95 Å². The molecule has 1 aliphatic rings. The first-order chi connectivity index (χ1) is 8.92. The predicted octanol–water partition coefficient (Wildman–Crippen LogP) is 1.03. The molecule has 1 atom stereocenters. The predicted molar refractivity (Wildman–Crippen MR) is 69.1 cm³/mol. The zero-order valence-corrected chi connectivity index (χ0v) is 10.1. The largest absolute Gasteiger partial charge is 0.350 e. The topological polar surface area (TPSA) is 78.5 Å². The van der Waals surface area contributed by atoms with E-state index >= 15 is 0 Å².